The van der Waals surface area contributed by atoms with Gasteiger partial charge >= 0.3 is 12.0 Å². The first kappa shape index (κ1) is 21.7. The molecule has 29 heavy (non-hydrogen) atoms. The quantitative estimate of drug-likeness (QED) is 0.674. The van der Waals surface area contributed by atoms with Gasteiger partial charge in [-0.3, -0.25) is 4.79 Å². The van der Waals surface area contributed by atoms with Crippen molar-refractivity contribution in [3.63, 3.8) is 0 Å². The van der Waals surface area contributed by atoms with Crippen molar-refractivity contribution < 1.29 is 24.2 Å². The van der Waals surface area contributed by atoms with Gasteiger partial charge in [0.05, 0.1) is 0 Å². The van der Waals surface area contributed by atoms with Crippen molar-refractivity contribution in [2.75, 3.05) is 32.1 Å². The van der Waals surface area contributed by atoms with Gasteiger partial charge in [-0.25, -0.2) is 9.59 Å². The topological polar surface area (TPSA) is 99.2 Å². The molecule has 0 atom stereocenters. The van der Waals surface area contributed by atoms with Crippen molar-refractivity contribution in [3.8, 4) is 5.75 Å². The van der Waals surface area contributed by atoms with E-state index in [9.17, 15) is 14.4 Å². The number of carbonyl (C=O) groups is 3. The number of hydrogen-bond donors (Lipinski definition) is 2. The van der Waals surface area contributed by atoms with Crippen LogP contribution in [0.4, 0.5) is 10.5 Å². The van der Waals surface area contributed by atoms with Gasteiger partial charge in [-0.1, -0.05) is 30.3 Å². The molecule has 2 aromatic carbocycles. The standard InChI is InChI=1S/C21H25N3O5/c1-23(14-16-6-4-3-5-7-16)21(28)22-13-12-19(25)24(2)17-8-10-18(11-9-17)29-15-20(26)27/h3-11H,12-15H2,1-2H3,(H,22,28)(H,26,27). The number of nitrogens with zero attached hydrogens (tertiary/aromatic N) is 2. The summed E-state index contributed by atoms with van der Waals surface area (Å²) in [7, 11) is 3.34. The molecule has 0 radical (unpaired) electrons. The minimum Gasteiger partial charge on any atom is -0.482 e. The highest BCUT2D eigenvalue weighted by Crippen LogP contribution is 2.19. The lowest BCUT2D eigenvalue weighted by molar-refractivity contribution is -0.139. The Morgan fingerprint density at radius 3 is 2.28 bits per heavy atom. The highest BCUT2D eigenvalue weighted by Gasteiger charge is 2.13. The van der Waals surface area contributed by atoms with Crippen LogP contribution in [-0.2, 0) is 16.1 Å². The summed E-state index contributed by atoms with van der Waals surface area (Å²) in [6.07, 6.45) is 0.151. The molecular formula is C21H25N3O5. The predicted octanol–water partition coefficient (Wildman–Crippen LogP) is 2.34. The number of carboxylic acid groups (broad SMARTS) is 1. The predicted molar refractivity (Wildman–Crippen MR) is 109 cm³/mol. The van der Waals surface area contributed by atoms with Crippen LogP contribution in [0.1, 0.15) is 12.0 Å². The third kappa shape index (κ3) is 7.17. The number of hydrogen-bond acceptors (Lipinski definition) is 4. The van der Waals surface area contributed by atoms with Gasteiger partial charge in [0.2, 0.25) is 5.91 Å². The first-order valence-electron chi connectivity index (χ1n) is 9.11. The molecule has 0 bridgehead atoms. The molecule has 8 heteroatoms. The van der Waals surface area contributed by atoms with E-state index < -0.39 is 12.6 Å². The molecule has 0 spiro atoms. The van der Waals surface area contributed by atoms with E-state index in [1.165, 1.54) is 4.90 Å². The van der Waals surface area contributed by atoms with Gasteiger partial charge in [-0.05, 0) is 29.8 Å². The fraction of sp³-hybridized carbons (Fsp3) is 0.286. The molecule has 0 saturated heterocycles. The fourth-order valence-electron chi connectivity index (χ4n) is 2.56. The molecule has 2 aromatic rings. The zero-order chi connectivity index (χ0) is 21.2. The summed E-state index contributed by atoms with van der Waals surface area (Å²) in [5, 5.41) is 11.3. The minimum absolute atomic E-state index is 0.151. The highest BCUT2D eigenvalue weighted by molar-refractivity contribution is 5.93. The van der Waals surface area contributed by atoms with E-state index >= 15 is 0 Å². The number of carbonyl (C=O) groups excluding carboxylic acids is 2. The van der Waals surface area contributed by atoms with Crippen LogP contribution in [0.5, 0.6) is 5.75 Å². The summed E-state index contributed by atoms with van der Waals surface area (Å²) in [5.74, 6) is -0.807. The highest BCUT2D eigenvalue weighted by atomic mass is 16.5. The van der Waals surface area contributed by atoms with Crippen molar-refractivity contribution in [2.24, 2.45) is 0 Å². The van der Waals surface area contributed by atoms with Gasteiger partial charge in [0.25, 0.3) is 0 Å². The van der Waals surface area contributed by atoms with Crippen LogP contribution in [0, 0.1) is 0 Å². The molecule has 0 aliphatic carbocycles. The largest absolute Gasteiger partial charge is 0.482 e. The van der Waals surface area contributed by atoms with Gasteiger partial charge < -0.3 is 25.0 Å². The third-order valence-corrected chi connectivity index (χ3v) is 4.18. The summed E-state index contributed by atoms with van der Waals surface area (Å²) in [6, 6.07) is 15.9. The lowest BCUT2D eigenvalue weighted by Gasteiger charge is -2.20. The zero-order valence-corrected chi connectivity index (χ0v) is 16.5. The molecule has 0 saturated carbocycles. The maximum absolute atomic E-state index is 12.3. The normalized spacial score (nSPS) is 10.1. The minimum atomic E-state index is -1.06. The lowest BCUT2D eigenvalue weighted by atomic mass is 10.2. The Balaban J connectivity index is 1.76. The molecule has 0 fully saturated rings. The fourth-order valence-corrected chi connectivity index (χ4v) is 2.56. The van der Waals surface area contributed by atoms with Gasteiger partial charge in [0.15, 0.2) is 6.61 Å². The number of nitrogens with one attached hydrogen (secondary N) is 1. The second-order valence-corrected chi connectivity index (χ2v) is 6.45. The van der Waals surface area contributed by atoms with E-state index in [-0.39, 0.29) is 24.9 Å². The smallest absolute Gasteiger partial charge is 0.341 e. The number of amides is 3. The van der Waals surface area contributed by atoms with E-state index in [1.807, 2.05) is 30.3 Å². The van der Waals surface area contributed by atoms with Crippen LogP contribution in [0.3, 0.4) is 0 Å². The van der Waals surface area contributed by atoms with Crippen molar-refractivity contribution in [1.29, 1.82) is 0 Å². The zero-order valence-electron chi connectivity index (χ0n) is 16.5. The van der Waals surface area contributed by atoms with E-state index in [0.29, 0.717) is 18.0 Å². The molecule has 154 valence electrons. The average molecular weight is 399 g/mol. The maximum atomic E-state index is 12.3. The Bertz CT molecular complexity index is 824. The number of aliphatic carboxylic acids is 1. The SMILES string of the molecule is CN(Cc1ccccc1)C(=O)NCCC(=O)N(C)c1ccc(OCC(=O)O)cc1. The number of urea groups is 1. The first-order chi connectivity index (χ1) is 13.9. The number of rotatable bonds is 9. The maximum Gasteiger partial charge on any atom is 0.341 e. The second kappa shape index (κ2) is 10.7. The van der Waals surface area contributed by atoms with E-state index in [1.54, 1.807) is 43.3 Å². The molecule has 0 aliphatic heterocycles. The third-order valence-electron chi connectivity index (χ3n) is 4.18. The van der Waals surface area contributed by atoms with Crippen LogP contribution >= 0.6 is 0 Å². The van der Waals surface area contributed by atoms with Crippen LogP contribution in [0.15, 0.2) is 54.6 Å². The molecule has 3 amide bonds. The summed E-state index contributed by atoms with van der Waals surface area (Å²) in [6.45, 7) is 0.282. The van der Waals surface area contributed by atoms with Gasteiger partial charge in [0, 0.05) is 39.3 Å². The number of benzene rings is 2. The van der Waals surface area contributed by atoms with E-state index in [2.05, 4.69) is 5.32 Å². The van der Waals surface area contributed by atoms with Crippen LogP contribution in [0.2, 0.25) is 0 Å². The Kier molecular flexibility index (Phi) is 8.02. The Morgan fingerprint density at radius 2 is 1.66 bits per heavy atom. The van der Waals surface area contributed by atoms with Gasteiger partial charge in [-0.15, -0.1) is 0 Å². The van der Waals surface area contributed by atoms with Crippen molar-refractivity contribution in [2.45, 2.75) is 13.0 Å². The van der Waals surface area contributed by atoms with Crippen LogP contribution in [0.25, 0.3) is 0 Å². The van der Waals surface area contributed by atoms with Crippen molar-refractivity contribution in [3.05, 3.63) is 60.2 Å². The summed E-state index contributed by atoms with van der Waals surface area (Å²) >= 11 is 0. The van der Waals surface area contributed by atoms with Gasteiger partial charge in [-0.2, -0.15) is 0 Å². The summed E-state index contributed by atoms with van der Waals surface area (Å²) in [5.41, 5.74) is 1.67. The first-order valence-corrected chi connectivity index (χ1v) is 9.11. The summed E-state index contributed by atoms with van der Waals surface area (Å²) < 4.78 is 5.06. The number of ether oxygens (including phenoxy) is 1. The molecule has 0 aliphatic rings. The Morgan fingerprint density at radius 1 is 1.00 bits per heavy atom. The molecule has 8 nitrogen and oxygen atoms in total. The number of anilines is 1. The van der Waals surface area contributed by atoms with Crippen LogP contribution < -0.4 is 15.0 Å². The molecule has 0 aromatic heterocycles. The average Bonchev–Trinajstić information content (AvgIpc) is 2.72. The van der Waals surface area contributed by atoms with Crippen molar-refractivity contribution in [1.82, 2.24) is 10.2 Å². The molecular weight excluding hydrogens is 374 g/mol. The van der Waals surface area contributed by atoms with E-state index in [0.717, 1.165) is 5.56 Å². The van der Waals surface area contributed by atoms with E-state index in [4.69, 9.17) is 9.84 Å². The Labute approximate surface area is 169 Å². The monoisotopic (exact) mass is 399 g/mol. The van der Waals surface area contributed by atoms with Crippen molar-refractivity contribution >= 4 is 23.6 Å². The molecule has 2 rings (SSSR count). The van der Waals surface area contributed by atoms with Gasteiger partial charge in [0.1, 0.15) is 5.75 Å². The van der Waals surface area contributed by atoms with Crippen LogP contribution in [-0.4, -0.2) is 55.2 Å². The second-order valence-electron chi connectivity index (χ2n) is 6.45. The molecule has 2 N–H and O–H groups in total. The lowest BCUT2D eigenvalue weighted by Crippen LogP contribution is -2.39. The number of carboxylic acids is 1. The Hall–Kier alpha value is -3.55. The molecule has 0 heterocycles. The molecule has 0 unspecified atom stereocenters. The summed E-state index contributed by atoms with van der Waals surface area (Å²) in [4.78, 5) is 38.0.